The van der Waals surface area contributed by atoms with Gasteiger partial charge in [0.2, 0.25) is 0 Å². The fourth-order valence-electron chi connectivity index (χ4n) is 1.86. The first-order chi connectivity index (χ1) is 10.3. The Morgan fingerprint density at radius 1 is 1.10 bits per heavy atom. The van der Waals surface area contributed by atoms with Gasteiger partial charge in [-0.1, -0.05) is 30.3 Å². The molecule has 21 heavy (non-hydrogen) atoms. The molecule has 0 radical (unpaired) electrons. The van der Waals surface area contributed by atoms with Crippen LogP contribution in [0.2, 0.25) is 0 Å². The minimum atomic E-state index is -0.0973. The highest BCUT2D eigenvalue weighted by atomic mass is 32.2. The first kappa shape index (κ1) is 15.4. The fourth-order valence-corrected chi connectivity index (χ4v) is 2.27. The van der Waals surface area contributed by atoms with Crippen LogP contribution in [0.15, 0.2) is 59.5 Å². The molecule has 0 unspecified atom stereocenters. The molecular formula is C17H19NO2S. The number of amides is 1. The van der Waals surface area contributed by atoms with Crippen LogP contribution in [0, 0.1) is 0 Å². The normalized spacial score (nSPS) is 10.1. The van der Waals surface area contributed by atoms with Gasteiger partial charge in [-0.15, -0.1) is 11.8 Å². The van der Waals surface area contributed by atoms with Gasteiger partial charge in [-0.2, -0.15) is 0 Å². The Labute approximate surface area is 129 Å². The van der Waals surface area contributed by atoms with E-state index in [-0.39, 0.29) is 12.5 Å². The van der Waals surface area contributed by atoms with E-state index in [9.17, 15) is 4.79 Å². The summed E-state index contributed by atoms with van der Waals surface area (Å²) in [4.78, 5) is 12.9. The number of carbonyl (C=O) groups is 1. The molecule has 4 heteroatoms. The third-order valence-electron chi connectivity index (χ3n) is 3.01. The molecule has 0 aliphatic carbocycles. The molecule has 1 N–H and O–H groups in total. The third kappa shape index (κ3) is 5.52. The number of hydrogen-bond donors (Lipinski definition) is 1. The Bertz CT molecular complexity index is 555. The summed E-state index contributed by atoms with van der Waals surface area (Å²) in [5, 5.41) is 2.86. The maximum absolute atomic E-state index is 11.7. The zero-order chi connectivity index (χ0) is 14.9. The van der Waals surface area contributed by atoms with E-state index >= 15 is 0 Å². The van der Waals surface area contributed by atoms with Gasteiger partial charge in [0.05, 0.1) is 0 Å². The zero-order valence-electron chi connectivity index (χ0n) is 12.0. The van der Waals surface area contributed by atoms with Crippen molar-refractivity contribution in [2.24, 2.45) is 0 Å². The molecular weight excluding hydrogens is 282 g/mol. The lowest BCUT2D eigenvalue weighted by Gasteiger charge is -2.08. The van der Waals surface area contributed by atoms with Crippen molar-refractivity contribution in [1.82, 2.24) is 5.32 Å². The van der Waals surface area contributed by atoms with Crippen LogP contribution in [0.1, 0.15) is 5.56 Å². The van der Waals surface area contributed by atoms with E-state index in [1.807, 2.05) is 48.7 Å². The molecule has 110 valence electrons. The smallest absolute Gasteiger partial charge is 0.257 e. The van der Waals surface area contributed by atoms with Crippen molar-refractivity contribution >= 4 is 17.7 Å². The van der Waals surface area contributed by atoms with E-state index in [0.29, 0.717) is 12.3 Å². The Kier molecular flexibility index (Phi) is 6.16. The number of carbonyl (C=O) groups excluding carboxylic acids is 1. The van der Waals surface area contributed by atoms with E-state index in [1.54, 1.807) is 11.8 Å². The SMILES string of the molecule is CSc1ccc(OCC(=O)NCCc2ccccc2)cc1. The van der Waals surface area contributed by atoms with E-state index in [0.717, 1.165) is 6.42 Å². The van der Waals surface area contributed by atoms with Crippen molar-refractivity contribution in [3.8, 4) is 5.75 Å². The molecule has 2 rings (SSSR count). The lowest BCUT2D eigenvalue weighted by atomic mass is 10.1. The van der Waals surface area contributed by atoms with Gasteiger partial charge < -0.3 is 10.1 Å². The summed E-state index contributed by atoms with van der Waals surface area (Å²) < 4.78 is 5.45. The maximum Gasteiger partial charge on any atom is 0.257 e. The molecule has 0 spiro atoms. The molecule has 0 saturated carbocycles. The average molecular weight is 301 g/mol. The fraction of sp³-hybridized carbons (Fsp3) is 0.235. The molecule has 2 aromatic carbocycles. The molecule has 2 aromatic rings. The Balaban J connectivity index is 1.67. The van der Waals surface area contributed by atoms with Crippen molar-refractivity contribution in [3.63, 3.8) is 0 Å². The molecule has 3 nitrogen and oxygen atoms in total. The molecule has 0 aliphatic rings. The van der Waals surface area contributed by atoms with Crippen molar-refractivity contribution in [2.45, 2.75) is 11.3 Å². The van der Waals surface area contributed by atoms with Gasteiger partial charge in [-0.05, 0) is 42.5 Å². The van der Waals surface area contributed by atoms with Gasteiger partial charge in [0.15, 0.2) is 6.61 Å². The predicted octanol–water partition coefficient (Wildman–Crippen LogP) is 3.15. The second-order valence-electron chi connectivity index (χ2n) is 4.55. The van der Waals surface area contributed by atoms with Crippen LogP contribution in [0.5, 0.6) is 5.75 Å². The number of rotatable bonds is 7. The molecule has 0 bridgehead atoms. The summed E-state index contributed by atoms with van der Waals surface area (Å²) in [5.74, 6) is 0.617. The number of hydrogen-bond acceptors (Lipinski definition) is 3. The average Bonchev–Trinajstić information content (AvgIpc) is 2.54. The van der Waals surface area contributed by atoms with Crippen LogP contribution < -0.4 is 10.1 Å². The molecule has 1 amide bonds. The Morgan fingerprint density at radius 3 is 2.48 bits per heavy atom. The van der Waals surface area contributed by atoms with Gasteiger partial charge >= 0.3 is 0 Å². The molecule has 0 atom stereocenters. The Hall–Kier alpha value is -1.94. The highest BCUT2D eigenvalue weighted by Gasteiger charge is 2.02. The van der Waals surface area contributed by atoms with Gasteiger partial charge in [0.25, 0.3) is 5.91 Å². The van der Waals surface area contributed by atoms with Crippen molar-refractivity contribution < 1.29 is 9.53 Å². The van der Waals surface area contributed by atoms with Gasteiger partial charge in [0.1, 0.15) is 5.75 Å². The number of thioether (sulfide) groups is 1. The lowest BCUT2D eigenvalue weighted by Crippen LogP contribution is -2.30. The summed E-state index contributed by atoms with van der Waals surface area (Å²) in [5.41, 5.74) is 1.21. The van der Waals surface area contributed by atoms with Crippen LogP contribution in [0.4, 0.5) is 0 Å². The molecule has 0 aromatic heterocycles. The lowest BCUT2D eigenvalue weighted by molar-refractivity contribution is -0.123. The quantitative estimate of drug-likeness (QED) is 0.798. The second kappa shape index (κ2) is 8.37. The predicted molar refractivity (Wildman–Crippen MR) is 86.9 cm³/mol. The highest BCUT2D eigenvalue weighted by Crippen LogP contribution is 2.18. The highest BCUT2D eigenvalue weighted by molar-refractivity contribution is 7.98. The molecule has 0 fully saturated rings. The van der Waals surface area contributed by atoms with Crippen LogP contribution in [0.25, 0.3) is 0 Å². The van der Waals surface area contributed by atoms with Gasteiger partial charge in [-0.25, -0.2) is 0 Å². The summed E-state index contributed by atoms with van der Waals surface area (Å²) in [6, 6.07) is 17.8. The zero-order valence-corrected chi connectivity index (χ0v) is 12.9. The first-order valence-corrected chi connectivity index (χ1v) is 8.08. The molecule has 0 heterocycles. The van der Waals surface area contributed by atoms with E-state index in [2.05, 4.69) is 17.4 Å². The van der Waals surface area contributed by atoms with Crippen molar-refractivity contribution in [3.05, 3.63) is 60.2 Å². The van der Waals surface area contributed by atoms with Crippen molar-refractivity contribution in [2.75, 3.05) is 19.4 Å². The monoisotopic (exact) mass is 301 g/mol. The summed E-state index contributed by atoms with van der Waals surface area (Å²) in [7, 11) is 0. The number of nitrogens with one attached hydrogen (secondary N) is 1. The number of benzene rings is 2. The van der Waals surface area contributed by atoms with Crippen LogP contribution in [-0.4, -0.2) is 25.3 Å². The number of ether oxygens (including phenoxy) is 1. The standard InChI is InChI=1S/C17H19NO2S/c1-21-16-9-7-15(8-10-16)20-13-17(19)18-12-11-14-5-3-2-4-6-14/h2-10H,11-13H2,1H3,(H,18,19). The van der Waals surface area contributed by atoms with Gasteiger partial charge in [0, 0.05) is 11.4 Å². The first-order valence-electron chi connectivity index (χ1n) is 6.85. The Morgan fingerprint density at radius 2 is 1.81 bits per heavy atom. The maximum atomic E-state index is 11.7. The molecule has 0 saturated heterocycles. The topological polar surface area (TPSA) is 38.3 Å². The van der Waals surface area contributed by atoms with E-state index < -0.39 is 0 Å². The minimum absolute atomic E-state index is 0.0490. The van der Waals surface area contributed by atoms with Crippen molar-refractivity contribution in [1.29, 1.82) is 0 Å². The van der Waals surface area contributed by atoms with E-state index in [4.69, 9.17) is 4.74 Å². The van der Waals surface area contributed by atoms with E-state index in [1.165, 1.54) is 10.5 Å². The van der Waals surface area contributed by atoms with Crippen LogP contribution in [0.3, 0.4) is 0 Å². The second-order valence-corrected chi connectivity index (χ2v) is 5.43. The largest absolute Gasteiger partial charge is 0.484 e. The van der Waals surface area contributed by atoms with Crippen LogP contribution >= 0.6 is 11.8 Å². The minimum Gasteiger partial charge on any atom is -0.484 e. The molecule has 0 aliphatic heterocycles. The van der Waals surface area contributed by atoms with Gasteiger partial charge in [-0.3, -0.25) is 4.79 Å². The van der Waals surface area contributed by atoms with Crippen LogP contribution in [-0.2, 0) is 11.2 Å². The summed E-state index contributed by atoms with van der Waals surface area (Å²) >= 11 is 1.68. The summed E-state index contributed by atoms with van der Waals surface area (Å²) in [6.45, 7) is 0.672. The third-order valence-corrected chi connectivity index (χ3v) is 3.75. The summed E-state index contributed by atoms with van der Waals surface area (Å²) in [6.07, 6.45) is 2.85.